The van der Waals surface area contributed by atoms with Crippen LogP contribution < -0.4 is 0 Å². The Balaban J connectivity index is 2.11. The van der Waals surface area contributed by atoms with Crippen LogP contribution in [-0.2, 0) is 25.5 Å². The van der Waals surface area contributed by atoms with E-state index in [-0.39, 0.29) is 24.3 Å². The molecule has 5 nitrogen and oxygen atoms in total. The number of aromatic amines is 1. The largest absolute Gasteiger partial charge is 0.466 e. The average molecular weight is 331 g/mol. The number of H-pyrrole nitrogens is 1. The lowest BCUT2D eigenvalue weighted by atomic mass is 9.96. The number of hydrogen-bond donors (Lipinski definition) is 1. The molecule has 2 rings (SSSR count). The Morgan fingerprint density at radius 1 is 1.17 bits per heavy atom. The van der Waals surface area contributed by atoms with Crippen LogP contribution in [0.25, 0.3) is 10.9 Å². The zero-order valence-corrected chi connectivity index (χ0v) is 14.5. The fourth-order valence-corrected chi connectivity index (χ4v) is 2.58. The molecule has 0 aliphatic heterocycles. The molecular formula is C19H25NO4. The number of carbonyl (C=O) groups is 2. The second-order valence-corrected chi connectivity index (χ2v) is 6.29. The Hall–Kier alpha value is -2.30. The highest BCUT2D eigenvalue weighted by Crippen LogP contribution is 2.23. The van der Waals surface area contributed by atoms with E-state index >= 15 is 0 Å². The first kappa shape index (κ1) is 18.0. The molecule has 1 unspecified atom stereocenters. The summed E-state index contributed by atoms with van der Waals surface area (Å²) in [6, 6.07) is 7.89. The summed E-state index contributed by atoms with van der Waals surface area (Å²) in [6.45, 7) is 6.37. The molecule has 0 aliphatic rings. The summed E-state index contributed by atoms with van der Waals surface area (Å²) in [5.41, 5.74) is 2.01. The number of nitrogens with one attached hydrogen (secondary N) is 1. The highest BCUT2D eigenvalue weighted by molar-refractivity contribution is 5.85. The van der Waals surface area contributed by atoms with Gasteiger partial charge in [0.15, 0.2) is 0 Å². The summed E-state index contributed by atoms with van der Waals surface area (Å²) < 4.78 is 10.3. The molecule has 1 atom stereocenters. The molecule has 5 heteroatoms. The van der Waals surface area contributed by atoms with E-state index in [2.05, 4.69) is 4.98 Å². The number of ether oxygens (including phenoxy) is 2. The average Bonchev–Trinajstić information content (AvgIpc) is 2.96. The monoisotopic (exact) mass is 331 g/mol. The SMILES string of the molecule is CCOC(=O)C(CC(=O)OCC(C)C)Cc1c[nH]c2ccccc12. The highest BCUT2D eigenvalue weighted by atomic mass is 16.5. The minimum Gasteiger partial charge on any atom is -0.466 e. The lowest BCUT2D eigenvalue weighted by molar-refractivity contribution is -0.155. The van der Waals surface area contributed by atoms with Crippen LogP contribution in [0.5, 0.6) is 0 Å². The Morgan fingerprint density at radius 3 is 2.62 bits per heavy atom. The number of hydrogen-bond acceptors (Lipinski definition) is 4. The van der Waals surface area contributed by atoms with Crippen molar-refractivity contribution in [1.82, 2.24) is 4.98 Å². The van der Waals surface area contributed by atoms with E-state index in [4.69, 9.17) is 9.47 Å². The number of para-hydroxylation sites is 1. The van der Waals surface area contributed by atoms with E-state index in [9.17, 15) is 9.59 Å². The molecule has 24 heavy (non-hydrogen) atoms. The van der Waals surface area contributed by atoms with Crippen LogP contribution in [0, 0.1) is 11.8 Å². The molecule has 1 heterocycles. The summed E-state index contributed by atoms with van der Waals surface area (Å²) in [4.78, 5) is 27.4. The molecule has 0 fully saturated rings. The maximum Gasteiger partial charge on any atom is 0.309 e. The molecule has 2 aromatic rings. The molecule has 0 radical (unpaired) electrons. The van der Waals surface area contributed by atoms with E-state index in [1.807, 2.05) is 44.3 Å². The van der Waals surface area contributed by atoms with Gasteiger partial charge in [-0.15, -0.1) is 0 Å². The van der Waals surface area contributed by atoms with E-state index in [1.165, 1.54) is 0 Å². The summed E-state index contributed by atoms with van der Waals surface area (Å²) in [5.74, 6) is -0.988. The molecule has 130 valence electrons. The maximum atomic E-state index is 12.2. The molecule has 1 aromatic heterocycles. The Labute approximate surface area is 142 Å². The molecule has 0 saturated heterocycles. The number of aromatic nitrogens is 1. The van der Waals surface area contributed by atoms with Crippen LogP contribution in [0.2, 0.25) is 0 Å². The van der Waals surface area contributed by atoms with Crippen LogP contribution in [0.1, 0.15) is 32.8 Å². The van der Waals surface area contributed by atoms with Gasteiger partial charge < -0.3 is 14.5 Å². The molecule has 0 spiro atoms. The van der Waals surface area contributed by atoms with Gasteiger partial charge in [-0.05, 0) is 30.9 Å². The van der Waals surface area contributed by atoms with Gasteiger partial charge in [0.2, 0.25) is 0 Å². The topological polar surface area (TPSA) is 68.4 Å². The highest BCUT2D eigenvalue weighted by Gasteiger charge is 2.25. The first-order chi connectivity index (χ1) is 11.5. The van der Waals surface area contributed by atoms with Crippen molar-refractivity contribution in [2.24, 2.45) is 11.8 Å². The van der Waals surface area contributed by atoms with Crippen LogP contribution in [0.15, 0.2) is 30.5 Å². The summed E-state index contributed by atoms with van der Waals surface area (Å²) >= 11 is 0. The second kappa shape index (κ2) is 8.52. The predicted octanol–water partition coefficient (Wildman–Crippen LogP) is 3.48. The lowest BCUT2D eigenvalue weighted by Gasteiger charge is -2.15. The van der Waals surface area contributed by atoms with Crippen molar-refractivity contribution in [3.05, 3.63) is 36.0 Å². The standard InChI is InChI=1S/C19H25NO4/c1-4-23-19(22)14(10-18(21)24-12-13(2)3)9-15-11-20-17-8-6-5-7-16(15)17/h5-8,11,13-14,20H,4,9-10,12H2,1-3H3. The van der Waals surface area contributed by atoms with Gasteiger partial charge in [-0.3, -0.25) is 9.59 Å². The van der Waals surface area contributed by atoms with E-state index in [1.54, 1.807) is 6.92 Å². The summed E-state index contributed by atoms with van der Waals surface area (Å²) in [6.07, 6.45) is 2.36. The van der Waals surface area contributed by atoms with Crippen molar-refractivity contribution < 1.29 is 19.1 Å². The van der Waals surface area contributed by atoms with Gasteiger partial charge in [0, 0.05) is 17.1 Å². The Kier molecular flexibility index (Phi) is 6.41. The first-order valence-electron chi connectivity index (χ1n) is 8.38. The zero-order chi connectivity index (χ0) is 17.5. The van der Waals surface area contributed by atoms with Gasteiger partial charge in [0.05, 0.1) is 25.6 Å². The van der Waals surface area contributed by atoms with Crippen LogP contribution in [0.3, 0.4) is 0 Å². The Bertz CT molecular complexity index is 689. The van der Waals surface area contributed by atoms with Gasteiger partial charge in [-0.1, -0.05) is 32.0 Å². The number of rotatable bonds is 8. The summed E-state index contributed by atoms with van der Waals surface area (Å²) in [5, 5.41) is 1.06. The van der Waals surface area contributed by atoms with Crippen LogP contribution >= 0.6 is 0 Å². The smallest absolute Gasteiger partial charge is 0.309 e. The van der Waals surface area contributed by atoms with Gasteiger partial charge in [0.1, 0.15) is 0 Å². The third-order valence-corrected chi connectivity index (χ3v) is 3.75. The van der Waals surface area contributed by atoms with Crippen LogP contribution in [-0.4, -0.2) is 30.1 Å². The van der Waals surface area contributed by atoms with Crippen molar-refractivity contribution in [3.63, 3.8) is 0 Å². The minimum absolute atomic E-state index is 0.0328. The third-order valence-electron chi connectivity index (χ3n) is 3.75. The molecule has 1 N–H and O–H groups in total. The molecular weight excluding hydrogens is 306 g/mol. The quantitative estimate of drug-likeness (QED) is 0.752. The minimum atomic E-state index is -0.538. The normalized spacial score (nSPS) is 12.3. The number of fused-ring (bicyclic) bond motifs is 1. The summed E-state index contributed by atoms with van der Waals surface area (Å²) in [7, 11) is 0. The fraction of sp³-hybridized carbons (Fsp3) is 0.474. The van der Waals surface area contributed by atoms with E-state index in [0.717, 1.165) is 16.5 Å². The molecule has 1 aromatic carbocycles. The van der Waals surface area contributed by atoms with Crippen molar-refractivity contribution in [3.8, 4) is 0 Å². The predicted molar refractivity (Wildman–Crippen MR) is 92.5 cm³/mol. The number of esters is 2. The van der Waals surface area contributed by atoms with Gasteiger partial charge in [-0.25, -0.2) is 0 Å². The lowest BCUT2D eigenvalue weighted by Crippen LogP contribution is -2.24. The van der Waals surface area contributed by atoms with E-state index in [0.29, 0.717) is 19.6 Å². The van der Waals surface area contributed by atoms with Crippen molar-refractivity contribution >= 4 is 22.8 Å². The van der Waals surface area contributed by atoms with Crippen molar-refractivity contribution in [2.45, 2.75) is 33.6 Å². The Morgan fingerprint density at radius 2 is 1.92 bits per heavy atom. The third kappa shape index (κ3) is 4.85. The first-order valence-corrected chi connectivity index (χ1v) is 8.38. The van der Waals surface area contributed by atoms with Gasteiger partial charge >= 0.3 is 11.9 Å². The second-order valence-electron chi connectivity index (χ2n) is 6.29. The van der Waals surface area contributed by atoms with Gasteiger partial charge in [-0.2, -0.15) is 0 Å². The molecule has 0 bridgehead atoms. The number of carbonyl (C=O) groups excluding carboxylic acids is 2. The van der Waals surface area contributed by atoms with Gasteiger partial charge in [0.25, 0.3) is 0 Å². The zero-order valence-electron chi connectivity index (χ0n) is 14.5. The maximum absolute atomic E-state index is 12.2. The van der Waals surface area contributed by atoms with Crippen LogP contribution in [0.4, 0.5) is 0 Å². The molecule has 0 amide bonds. The van der Waals surface area contributed by atoms with E-state index < -0.39 is 5.92 Å². The van der Waals surface area contributed by atoms with Crippen molar-refractivity contribution in [1.29, 1.82) is 0 Å². The number of benzene rings is 1. The molecule has 0 saturated carbocycles. The fourth-order valence-electron chi connectivity index (χ4n) is 2.58. The molecule has 0 aliphatic carbocycles. The van der Waals surface area contributed by atoms with Crippen molar-refractivity contribution in [2.75, 3.05) is 13.2 Å².